The Hall–Kier alpha value is -4.48. The highest BCUT2D eigenvalue weighted by Crippen LogP contribution is 2.31. The number of hydrogen-bond acceptors (Lipinski definition) is 10. The number of rotatable bonds is 10. The van der Waals surface area contributed by atoms with Crippen LogP contribution in [0.3, 0.4) is 0 Å². The standard InChI is InChI=1S/C28H38N8O6/c1-27(2,42)21(14-30)36(32)19-12-20(26(41)34-28(23(38)24(31)39)10-4-3-5-11-28)35(16-19)22(37)15-33-25(40)18-8-6-17(13-29)7-9-18/h6-9,14,19-20,42H,3-5,10-12,15-16,30,32H2,1-2H3,(H2,31,39)(H,33,40)(H,34,41)/b21-14-. The summed E-state index contributed by atoms with van der Waals surface area (Å²) in [6.45, 7) is 2.43. The summed E-state index contributed by atoms with van der Waals surface area (Å²) in [5.41, 5.74) is 8.88. The topological polar surface area (TPSA) is 238 Å². The lowest BCUT2D eigenvalue weighted by atomic mass is 9.78. The first-order valence-corrected chi connectivity index (χ1v) is 13.7. The second kappa shape index (κ2) is 13.0. The van der Waals surface area contributed by atoms with Gasteiger partial charge in [0.2, 0.25) is 17.6 Å². The smallest absolute Gasteiger partial charge is 0.287 e. The summed E-state index contributed by atoms with van der Waals surface area (Å²) in [6, 6.07) is 6.00. The fraction of sp³-hybridized carbons (Fsp3) is 0.500. The predicted molar refractivity (Wildman–Crippen MR) is 150 cm³/mol. The molecule has 0 aromatic heterocycles. The maximum Gasteiger partial charge on any atom is 0.287 e. The van der Waals surface area contributed by atoms with E-state index in [4.69, 9.17) is 22.6 Å². The second-order valence-corrected chi connectivity index (χ2v) is 11.2. The molecule has 3 rings (SSSR count). The third-order valence-electron chi connectivity index (χ3n) is 7.76. The van der Waals surface area contributed by atoms with E-state index in [1.54, 1.807) is 0 Å². The molecule has 0 spiro atoms. The minimum absolute atomic E-state index is 0.00586. The number of benzene rings is 1. The van der Waals surface area contributed by atoms with Gasteiger partial charge in [0.05, 0.1) is 29.9 Å². The molecule has 1 aliphatic carbocycles. The van der Waals surface area contributed by atoms with Crippen molar-refractivity contribution in [2.45, 2.75) is 75.6 Å². The maximum atomic E-state index is 13.7. The molecule has 1 aromatic carbocycles. The lowest BCUT2D eigenvalue weighted by Gasteiger charge is -2.37. The molecule has 1 heterocycles. The van der Waals surface area contributed by atoms with Crippen LogP contribution in [0.25, 0.3) is 0 Å². The van der Waals surface area contributed by atoms with Gasteiger partial charge >= 0.3 is 0 Å². The van der Waals surface area contributed by atoms with Gasteiger partial charge in [-0.2, -0.15) is 5.26 Å². The van der Waals surface area contributed by atoms with E-state index in [0.717, 1.165) is 12.6 Å². The number of ketones is 1. The lowest BCUT2D eigenvalue weighted by molar-refractivity contribution is -0.145. The van der Waals surface area contributed by atoms with Crippen LogP contribution >= 0.6 is 0 Å². The Kier molecular flexibility index (Phi) is 9.92. The minimum Gasteiger partial charge on any atom is -0.403 e. The number of nitriles is 1. The molecular formula is C28H38N8O6. The van der Waals surface area contributed by atoms with Crippen molar-refractivity contribution in [1.82, 2.24) is 20.5 Å². The number of likely N-dealkylation sites (tertiary alicyclic amines) is 1. The molecular weight excluding hydrogens is 544 g/mol. The molecule has 2 atom stereocenters. The highest BCUT2D eigenvalue weighted by molar-refractivity contribution is 6.39. The molecule has 1 aliphatic heterocycles. The van der Waals surface area contributed by atoms with Crippen LogP contribution in [0.1, 0.15) is 68.3 Å². The van der Waals surface area contributed by atoms with E-state index >= 15 is 0 Å². The molecule has 14 nitrogen and oxygen atoms in total. The molecule has 0 radical (unpaired) electrons. The quantitative estimate of drug-likeness (QED) is 0.110. The summed E-state index contributed by atoms with van der Waals surface area (Å²) >= 11 is 0. The molecule has 1 saturated heterocycles. The first-order valence-electron chi connectivity index (χ1n) is 13.7. The molecule has 4 amide bonds. The van der Waals surface area contributed by atoms with Gasteiger partial charge in [-0.1, -0.05) is 19.3 Å². The third-order valence-corrected chi connectivity index (χ3v) is 7.76. The molecule has 2 fully saturated rings. The first-order chi connectivity index (χ1) is 19.7. The van der Waals surface area contributed by atoms with E-state index in [9.17, 15) is 29.1 Å². The van der Waals surface area contributed by atoms with Crippen LogP contribution < -0.4 is 27.9 Å². The zero-order valence-corrected chi connectivity index (χ0v) is 23.8. The van der Waals surface area contributed by atoms with E-state index in [1.807, 2.05) is 6.07 Å². The molecule has 2 aliphatic rings. The van der Waals surface area contributed by atoms with Crippen LogP contribution in [0, 0.1) is 11.3 Å². The number of nitrogens with two attached hydrogens (primary N) is 3. The Morgan fingerprint density at radius 1 is 1.17 bits per heavy atom. The molecule has 1 aromatic rings. The molecule has 0 bridgehead atoms. The van der Waals surface area contributed by atoms with Crippen LogP contribution in [0.15, 0.2) is 36.2 Å². The monoisotopic (exact) mass is 582 g/mol. The van der Waals surface area contributed by atoms with Crippen molar-refractivity contribution in [1.29, 1.82) is 5.26 Å². The molecule has 1 saturated carbocycles. The van der Waals surface area contributed by atoms with Crippen molar-refractivity contribution in [2.75, 3.05) is 13.1 Å². The van der Waals surface area contributed by atoms with E-state index in [0.29, 0.717) is 18.4 Å². The summed E-state index contributed by atoms with van der Waals surface area (Å²) in [5, 5.41) is 25.9. The van der Waals surface area contributed by atoms with Crippen LogP contribution in [0.5, 0.6) is 0 Å². The summed E-state index contributed by atoms with van der Waals surface area (Å²) in [4.78, 5) is 65.7. The Balaban J connectivity index is 1.85. The van der Waals surface area contributed by atoms with Gasteiger partial charge in [0.15, 0.2) is 0 Å². The number of carbonyl (C=O) groups excluding carboxylic acids is 5. The number of aliphatic hydroxyl groups is 1. The van der Waals surface area contributed by atoms with E-state index in [2.05, 4.69) is 10.6 Å². The van der Waals surface area contributed by atoms with Crippen LogP contribution in [-0.4, -0.2) is 80.7 Å². The zero-order chi connectivity index (χ0) is 31.2. The number of hydrazine groups is 1. The second-order valence-electron chi connectivity index (χ2n) is 11.2. The average Bonchev–Trinajstić information content (AvgIpc) is 3.41. The van der Waals surface area contributed by atoms with E-state index in [-0.39, 0.29) is 37.1 Å². The third kappa shape index (κ3) is 7.04. The van der Waals surface area contributed by atoms with Gasteiger partial charge in [-0.3, -0.25) is 24.0 Å². The zero-order valence-electron chi connectivity index (χ0n) is 23.8. The number of carbonyl (C=O) groups is 5. The SMILES string of the molecule is CC(C)(O)/C(=C/N)N(N)C1CC(C(=O)NC2(C(=O)C(N)=O)CCCCC2)N(C(=O)CNC(=O)c2ccc(C#N)cc2)C1. The molecule has 14 heteroatoms. The highest BCUT2D eigenvalue weighted by Gasteiger charge is 2.48. The van der Waals surface area contributed by atoms with Gasteiger partial charge in [0, 0.05) is 24.7 Å². The maximum absolute atomic E-state index is 13.7. The average molecular weight is 583 g/mol. The van der Waals surface area contributed by atoms with Crippen molar-refractivity contribution in [3.63, 3.8) is 0 Å². The van der Waals surface area contributed by atoms with Crippen molar-refractivity contribution in [2.24, 2.45) is 17.3 Å². The normalized spacial score (nSPS) is 20.3. The van der Waals surface area contributed by atoms with Gasteiger partial charge in [0.1, 0.15) is 17.2 Å². The van der Waals surface area contributed by atoms with Crippen molar-refractivity contribution >= 4 is 29.4 Å². The summed E-state index contributed by atoms with van der Waals surface area (Å²) in [6.07, 6.45) is 3.63. The molecule has 226 valence electrons. The van der Waals surface area contributed by atoms with Crippen molar-refractivity contribution in [3.05, 3.63) is 47.3 Å². The predicted octanol–water partition coefficient (Wildman–Crippen LogP) is -1.12. The Bertz CT molecular complexity index is 1290. The van der Waals surface area contributed by atoms with Gasteiger partial charge in [-0.25, -0.2) is 5.84 Å². The minimum atomic E-state index is -1.48. The van der Waals surface area contributed by atoms with Crippen LogP contribution in [0.4, 0.5) is 0 Å². The van der Waals surface area contributed by atoms with Gasteiger partial charge in [-0.05, 0) is 51.0 Å². The fourth-order valence-electron chi connectivity index (χ4n) is 5.52. The Morgan fingerprint density at radius 3 is 2.31 bits per heavy atom. The van der Waals surface area contributed by atoms with Gasteiger partial charge in [0.25, 0.3) is 11.8 Å². The van der Waals surface area contributed by atoms with Crippen molar-refractivity contribution in [3.8, 4) is 6.07 Å². The van der Waals surface area contributed by atoms with Gasteiger partial charge < -0.3 is 37.1 Å². The van der Waals surface area contributed by atoms with E-state index < -0.39 is 59.2 Å². The molecule has 9 N–H and O–H groups in total. The van der Waals surface area contributed by atoms with Gasteiger partial charge in [-0.15, -0.1) is 0 Å². The van der Waals surface area contributed by atoms with Crippen molar-refractivity contribution < 1.29 is 29.1 Å². The number of amides is 4. The number of hydrogen-bond donors (Lipinski definition) is 6. The summed E-state index contributed by atoms with van der Waals surface area (Å²) in [5.74, 6) is 2.43. The largest absolute Gasteiger partial charge is 0.403 e. The molecule has 2 unspecified atom stereocenters. The number of nitrogens with one attached hydrogen (secondary N) is 2. The number of primary amides is 1. The highest BCUT2D eigenvalue weighted by atomic mass is 16.3. The van der Waals surface area contributed by atoms with Crippen LogP contribution in [-0.2, 0) is 19.2 Å². The first kappa shape index (κ1) is 32.0. The molecule has 42 heavy (non-hydrogen) atoms. The van der Waals surface area contributed by atoms with Crippen LogP contribution in [0.2, 0.25) is 0 Å². The van der Waals surface area contributed by atoms with E-state index in [1.165, 1.54) is 48.0 Å². The lowest BCUT2D eigenvalue weighted by Crippen LogP contribution is -2.62. The summed E-state index contributed by atoms with van der Waals surface area (Å²) < 4.78 is 0. The summed E-state index contributed by atoms with van der Waals surface area (Å²) in [7, 11) is 0. The number of nitrogens with zero attached hydrogens (tertiary/aromatic N) is 3. The fourth-order valence-corrected chi connectivity index (χ4v) is 5.52. The number of Topliss-reactive ketones (excluding diaryl/α,β-unsaturated/α-hetero) is 1. The Morgan fingerprint density at radius 2 is 1.79 bits per heavy atom. The Labute approximate surface area is 243 Å².